The Kier molecular flexibility index (Phi) is 3.02. The van der Waals surface area contributed by atoms with Crippen molar-refractivity contribution >= 4 is 15.9 Å². The van der Waals surface area contributed by atoms with Gasteiger partial charge in [-0.05, 0) is 29.8 Å². The highest BCUT2D eigenvalue weighted by atomic mass is 79.9. The average molecular weight is 282 g/mol. The monoisotopic (exact) mass is 281 g/mol. The molecule has 0 saturated heterocycles. The average Bonchev–Trinajstić information content (AvgIpc) is 2.57. The Morgan fingerprint density at radius 3 is 2.69 bits per heavy atom. The van der Waals surface area contributed by atoms with Gasteiger partial charge in [-0.15, -0.1) is 0 Å². The maximum absolute atomic E-state index is 5.53. The van der Waals surface area contributed by atoms with E-state index in [4.69, 9.17) is 5.73 Å². The van der Waals surface area contributed by atoms with Gasteiger partial charge < -0.3 is 5.73 Å². The number of hydrogen-bond donors (Lipinski definition) is 1. The highest BCUT2D eigenvalue weighted by Crippen LogP contribution is 2.21. The minimum atomic E-state index is 0.376. The van der Waals surface area contributed by atoms with Crippen LogP contribution in [0.5, 0.6) is 0 Å². The van der Waals surface area contributed by atoms with Crippen molar-refractivity contribution in [3.8, 4) is 5.82 Å². The van der Waals surface area contributed by atoms with Crippen LogP contribution in [0.25, 0.3) is 5.82 Å². The van der Waals surface area contributed by atoms with Gasteiger partial charge in [-0.1, -0.05) is 0 Å². The second kappa shape index (κ2) is 4.31. The molecule has 0 radical (unpaired) electrons. The molecular formula is C10H12BrN5. The molecule has 2 rings (SSSR count). The van der Waals surface area contributed by atoms with E-state index in [2.05, 4.69) is 31.0 Å². The maximum Gasteiger partial charge on any atom is 0.172 e. The fourth-order valence-corrected chi connectivity index (χ4v) is 1.69. The summed E-state index contributed by atoms with van der Waals surface area (Å²) in [4.78, 5) is 8.46. The summed E-state index contributed by atoms with van der Waals surface area (Å²) in [7, 11) is 0. The van der Waals surface area contributed by atoms with E-state index in [0.29, 0.717) is 12.4 Å². The van der Waals surface area contributed by atoms with Crippen molar-refractivity contribution in [2.24, 2.45) is 5.73 Å². The summed E-state index contributed by atoms with van der Waals surface area (Å²) in [6, 6.07) is 0. The molecule has 0 aliphatic rings. The largest absolute Gasteiger partial charge is 0.325 e. The quantitative estimate of drug-likeness (QED) is 0.906. The summed E-state index contributed by atoms with van der Waals surface area (Å²) in [5, 5.41) is 4.38. The molecule has 0 fully saturated rings. The minimum absolute atomic E-state index is 0.376. The van der Waals surface area contributed by atoms with E-state index in [0.717, 1.165) is 21.6 Å². The molecule has 0 aliphatic heterocycles. The first-order chi connectivity index (χ1) is 7.63. The van der Waals surface area contributed by atoms with E-state index < -0.39 is 0 Å². The van der Waals surface area contributed by atoms with Gasteiger partial charge in [0.15, 0.2) is 5.82 Å². The van der Waals surface area contributed by atoms with Gasteiger partial charge in [-0.3, -0.25) is 4.98 Å². The molecule has 2 heterocycles. The Bertz CT molecular complexity index is 520. The Morgan fingerprint density at radius 1 is 1.38 bits per heavy atom. The molecule has 2 aromatic heterocycles. The van der Waals surface area contributed by atoms with Crippen LogP contribution in [-0.2, 0) is 6.54 Å². The SMILES string of the molecule is Cc1nn(-c2cncc(CN)n2)c(C)c1Br. The summed E-state index contributed by atoms with van der Waals surface area (Å²) >= 11 is 3.48. The van der Waals surface area contributed by atoms with E-state index in [1.54, 1.807) is 17.1 Å². The van der Waals surface area contributed by atoms with Crippen LogP contribution in [-0.4, -0.2) is 19.7 Å². The van der Waals surface area contributed by atoms with Crippen LogP contribution in [0.2, 0.25) is 0 Å². The summed E-state index contributed by atoms with van der Waals surface area (Å²) < 4.78 is 2.75. The van der Waals surface area contributed by atoms with Gasteiger partial charge in [-0.25, -0.2) is 9.67 Å². The molecule has 5 nitrogen and oxygen atoms in total. The zero-order valence-electron chi connectivity index (χ0n) is 9.11. The number of hydrogen-bond acceptors (Lipinski definition) is 4. The third-order valence-corrected chi connectivity index (χ3v) is 3.45. The molecule has 84 valence electrons. The Morgan fingerprint density at radius 2 is 2.12 bits per heavy atom. The lowest BCUT2D eigenvalue weighted by Crippen LogP contribution is -2.07. The predicted octanol–water partition coefficient (Wildman–Crippen LogP) is 1.50. The molecule has 0 aromatic carbocycles. The number of rotatable bonds is 2. The van der Waals surface area contributed by atoms with Crippen LogP contribution in [0, 0.1) is 13.8 Å². The van der Waals surface area contributed by atoms with Gasteiger partial charge in [0.25, 0.3) is 0 Å². The molecule has 16 heavy (non-hydrogen) atoms. The van der Waals surface area contributed by atoms with Crippen LogP contribution < -0.4 is 5.73 Å². The van der Waals surface area contributed by atoms with Crippen molar-refractivity contribution < 1.29 is 0 Å². The molecule has 2 N–H and O–H groups in total. The van der Waals surface area contributed by atoms with Crippen molar-refractivity contribution in [3.05, 3.63) is 33.9 Å². The highest BCUT2D eigenvalue weighted by Gasteiger charge is 2.11. The molecule has 0 aliphatic carbocycles. The number of nitrogens with two attached hydrogens (primary N) is 1. The summed E-state index contributed by atoms with van der Waals surface area (Å²) in [5.74, 6) is 0.689. The predicted molar refractivity (Wildman–Crippen MR) is 64.2 cm³/mol. The topological polar surface area (TPSA) is 69.6 Å². The third kappa shape index (κ3) is 1.85. The number of nitrogens with zero attached hydrogens (tertiary/aromatic N) is 4. The van der Waals surface area contributed by atoms with Crippen molar-refractivity contribution in [1.29, 1.82) is 0 Å². The van der Waals surface area contributed by atoms with Crippen LogP contribution in [0.1, 0.15) is 17.1 Å². The zero-order chi connectivity index (χ0) is 11.7. The number of aryl methyl sites for hydroxylation is 1. The minimum Gasteiger partial charge on any atom is -0.325 e. The summed E-state index contributed by atoms with van der Waals surface area (Å²) in [6.07, 6.45) is 3.33. The molecule has 0 atom stereocenters. The first-order valence-corrected chi connectivity index (χ1v) is 5.66. The first kappa shape index (κ1) is 11.2. The Labute approximate surface area is 102 Å². The Balaban J connectivity index is 2.54. The van der Waals surface area contributed by atoms with Gasteiger partial charge >= 0.3 is 0 Å². The van der Waals surface area contributed by atoms with Crippen LogP contribution >= 0.6 is 15.9 Å². The third-order valence-electron chi connectivity index (χ3n) is 2.30. The molecule has 0 bridgehead atoms. The maximum atomic E-state index is 5.53. The van der Waals surface area contributed by atoms with Crippen LogP contribution in [0.3, 0.4) is 0 Å². The lowest BCUT2D eigenvalue weighted by atomic mass is 10.4. The molecular weight excluding hydrogens is 270 g/mol. The standard InChI is InChI=1S/C10H12BrN5/c1-6-10(11)7(2)16(15-6)9-5-13-4-8(3-12)14-9/h4-5H,3,12H2,1-2H3. The lowest BCUT2D eigenvalue weighted by Gasteiger charge is -2.04. The number of aromatic nitrogens is 4. The Hall–Kier alpha value is -1.27. The van der Waals surface area contributed by atoms with E-state index in [1.807, 2.05) is 13.8 Å². The molecule has 2 aromatic rings. The van der Waals surface area contributed by atoms with E-state index in [9.17, 15) is 0 Å². The summed E-state index contributed by atoms with van der Waals surface area (Å²) in [6.45, 7) is 4.29. The molecule has 0 unspecified atom stereocenters. The van der Waals surface area contributed by atoms with Gasteiger partial charge in [0.1, 0.15) is 0 Å². The number of halogens is 1. The molecule has 6 heteroatoms. The van der Waals surface area contributed by atoms with Gasteiger partial charge in [0.05, 0.1) is 27.8 Å². The van der Waals surface area contributed by atoms with Crippen LogP contribution in [0.4, 0.5) is 0 Å². The summed E-state index contributed by atoms with van der Waals surface area (Å²) in [5.41, 5.74) is 8.21. The highest BCUT2D eigenvalue weighted by molar-refractivity contribution is 9.10. The molecule has 0 saturated carbocycles. The fraction of sp³-hybridized carbons (Fsp3) is 0.300. The fourth-order valence-electron chi connectivity index (χ4n) is 1.44. The van der Waals surface area contributed by atoms with Gasteiger partial charge in [0.2, 0.25) is 0 Å². The van der Waals surface area contributed by atoms with Crippen molar-refractivity contribution in [2.45, 2.75) is 20.4 Å². The normalized spacial score (nSPS) is 10.8. The van der Waals surface area contributed by atoms with Gasteiger partial charge in [0, 0.05) is 12.7 Å². The molecule has 0 spiro atoms. The van der Waals surface area contributed by atoms with Crippen molar-refractivity contribution in [1.82, 2.24) is 19.7 Å². The second-order valence-electron chi connectivity index (χ2n) is 3.47. The molecule has 0 amide bonds. The van der Waals surface area contributed by atoms with Crippen molar-refractivity contribution in [2.75, 3.05) is 0 Å². The van der Waals surface area contributed by atoms with E-state index in [1.165, 1.54) is 0 Å². The van der Waals surface area contributed by atoms with Crippen molar-refractivity contribution in [3.63, 3.8) is 0 Å². The van der Waals surface area contributed by atoms with Crippen LogP contribution in [0.15, 0.2) is 16.9 Å². The van der Waals surface area contributed by atoms with Gasteiger partial charge in [-0.2, -0.15) is 5.10 Å². The zero-order valence-corrected chi connectivity index (χ0v) is 10.7. The van der Waals surface area contributed by atoms with E-state index >= 15 is 0 Å². The smallest absolute Gasteiger partial charge is 0.172 e. The first-order valence-electron chi connectivity index (χ1n) is 4.86. The van der Waals surface area contributed by atoms with E-state index in [-0.39, 0.29) is 0 Å². The lowest BCUT2D eigenvalue weighted by molar-refractivity contribution is 0.784. The second-order valence-corrected chi connectivity index (χ2v) is 4.26.